The van der Waals surface area contributed by atoms with Crippen LogP contribution in [-0.2, 0) is 0 Å². The minimum absolute atomic E-state index is 0.200. The monoisotopic (exact) mass is 355 g/mol. The summed E-state index contributed by atoms with van der Waals surface area (Å²) in [6.07, 6.45) is 0. The highest BCUT2D eigenvalue weighted by Crippen LogP contribution is 2.28. The summed E-state index contributed by atoms with van der Waals surface area (Å²) in [5.74, 6) is -2.12. The largest absolute Gasteiger partial charge is 0.497 e. The van der Waals surface area contributed by atoms with Crippen molar-refractivity contribution >= 4 is 27.5 Å². The van der Waals surface area contributed by atoms with Crippen molar-refractivity contribution in [2.45, 2.75) is 6.92 Å². The van der Waals surface area contributed by atoms with Crippen LogP contribution in [0.2, 0.25) is 0 Å². The fourth-order valence-corrected chi connectivity index (χ4v) is 2.12. The van der Waals surface area contributed by atoms with Crippen molar-refractivity contribution in [2.24, 2.45) is 0 Å². The van der Waals surface area contributed by atoms with Crippen LogP contribution in [0.4, 0.5) is 14.5 Å². The van der Waals surface area contributed by atoms with E-state index in [1.54, 1.807) is 18.2 Å². The number of carbonyl (C=O) groups is 1. The first-order valence-corrected chi connectivity index (χ1v) is 6.83. The molecule has 2 rings (SSSR count). The van der Waals surface area contributed by atoms with Gasteiger partial charge in [-0.1, -0.05) is 6.07 Å². The Morgan fingerprint density at radius 2 is 1.95 bits per heavy atom. The van der Waals surface area contributed by atoms with Crippen molar-refractivity contribution in [3.05, 3.63) is 57.6 Å². The summed E-state index contributed by atoms with van der Waals surface area (Å²) in [6, 6.07) is 7.25. The Kier molecular flexibility index (Phi) is 4.57. The summed E-state index contributed by atoms with van der Waals surface area (Å²) in [4.78, 5) is 12.1. The van der Waals surface area contributed by atoms with Gasteiger partial charge in [-0.15, -0.1) is 0 Å². The normalized spacial score (nSPS) is 10.3. The van der Waals surface area contributed by atoms with E-state index in [0.29, 0.717) is 15.9 Å². The van der Waals surface area contributed by atoms with E-state index in [2.05, 4.69) is 21.2 Å². The third kappa shape index (κ3) is 3.21. The zero-order valence-corrected chi connectivity index (χ0v) is 12.9. The average molecular weight is 356 g/mol. The Morgan fingerprint density at radius 1 is 1.24 bits per heavy atom. The minimum atomic E-state index is -0.908. The van der Waals surface area contributed by atoms with E-state index in [1.807, 2.05) is 0 Å². The van der Waals surface area contributed by atoms with E-state index < -0.39 is 23.1 Å². The predicted molar refractivity (Wildman–Crippen MR) is 79.7 cm³/mol. The molecule has 0 heterocycles. The summed E-state index contributed by atoms with van der Waals surface area (Å²) in [6.45, 7) is 1.47. The van der Waals surface area contributed by atoms with Gasteiger partial charge in [0.25, 0.3) is 5.91 Å². The van der Waals surface area contributed by atoms with Gasteiger partial charge < -0.3 is 10.1 Å². The van der Waals surface area contributed by atoms with Gasteiger partial charge in [0.05, 0.1) is 12.8 Å². The number of amides is 1. The van der Waals surface area contributed by atoms with Crippen molar-refractivity contribution in [3.8, 4) is 5.75 Å². The second-order valence-electron chi connectivity index (χ2n) is 4.35. The van der Waals surface area contributed by atoms with E-state index in [9.17, 15) is 13.6 Å². The maximum absolute atomic E-state index is 13.9. The highest BCUT2D eigenvalue weighted by Gasteiger charge is 2.20. The topological polar surface area (TPSA) is 38.3 Å². The molecule has 2 aromatic rings. The third-order valence-corrected chi connectivity index (χ3v) is 3.62. The molecule has 1 N–H and O–H groups in total. The lowest BCUT2D eigenvalue weighted by Crippen LogP contribution is -2.17. The summed E-state index contributed by atoms with van der Waals surface area (Å²) in [7, 11) is 1.48. The van der Waals surface area contributed by atoms with Crippen LogP contribution >= 0.6 is 15.9 Å². The number of benzene rings is 2. The number of hydrogen-bond acceptors (Lipinski definition) is 2. The number of anilines is 1. The first-order chi connectivity index (χ1) is 9.93. The highest BCUT2D eigenvalue weighted by atomic mass is 79.9. The molecule has 0 atom stereocenters. The van der Waals surface area contributed by atoms with Gasteiger partial charge in [0.15, 0.2) is 0 Å². The summed E-state index contributed by atoms with van der Waals surface area (Å²) in [5.41, 5.74) is -0.0457. The summed E-state index contributed by atoms with van der Waals surface area (Å²) < 4.78 is 33.2. The second kappa shape index (κ2) is 6.22. The van der Waals surface area contributed by atoms with Crippen molar-refractivity contribution in [1.82, 2.24) is 0 Å². The maximum atomic E-state index is 13.9. The fourth-order valence-electron chi connectivity index (χ4n) is 1.78. The Labute approximate surface area is 129 Å². The molecule has 0 spiro atoms. The molecule has 110 valence electrons. The number of methoxy groups -OCH3 is 1. The fraction of sp³-hybridized carbons (Fsp3) is 0.133. The van der Waals surface area contributed by atoms with Crippen LogP contribution in [0, 0.1) is 18.6 Å². The number of halogens is 3. The van der Waals surface area contributed by atoms with Gasteiger partial charge in [-0.3, -0.25) is 4.79 Å². The predicted octanol–water partition coefficient (Wildman–Crippen LogP) is 4.30. The number of nitrogens with one attached hydrogen (secondary N) is 1. The first kappa shape index (κ1) is 15.4. The molecule has 0 aromatic heterocycles. The number of ether oxygens (including phenoxy) is 1. The lowest BCUT2D eigenvalue weighted by Gasteiger charge is -2.11. The van der Waals surface area contributed by atoms with Gasteiger partial charge in [-0.05, 0) is 46.6 Å². The standard InChI is InChI=1S/C15H12BrF2NO2/c1-8-3-6-11(17)13(14(8)18)15(20)19-12-7-9(21-2)4-5-10(12)16/h3-7H,1-2H3,(H,19,20). The van der Waals surface area contributed by atoms with Crippen LogP contribution in [0.15, 0.2) is 34.8 Å². The molecular weight excluding hydrogens is 344 g/mol. The Hall–Kier alpha value is -1.95. The third-order valence-electron chi connectivity index (χ3n) is 2.93. The molecular formula is C15H12BrF2NO2. The average Bonchev–Trinajstić information content (AvgIpc) is 2.46. The Balaban J connectivity index is 2.37. The zero-order valence-electron chi connectivity index (χ0n) is 11.3. The lowest BCUT2D eigenvalue weighted by atomic mass is 10.1. The molecule has 1 amide bonds. The molecule has 0 fully saturated rings. The Bertz CT molecular complexity index is 704. The minimum Gasteiger partial charge on any atom is -0.497 e. The van der Waals surface area contributed by atoms with Gasteiger partial charge in [0.1, 0.15) is 22.9 Å². The van der Waals surface area contributed by atoms with Crippen molar-refractivity contribution in [1.29, 1.82) is 0 Å². The first-order valence-electron chi connectivity index (χ1n) is 6.03. The highest BCUT2D eigenvalue weighted by molar-refractivity contribution is 9.10. The lowest BCUT2D eigenvalue weighted by molar-refractivity contribution is 0.101. The number of hydrogen-bond donors (Lipinski definition) is 1. The van der Waals surface area contributed by atoms with Crippen molar-refractivity contribution in [3.63, 3.8) is 0 Å². The van der Waals surface area contributed by atoms with E-state index in [-0.39, 0.29) is 5.56 Å². The molecule has 0 saturated heterocycles. The van der Waals surface area contributed by atoms with E-state index in [0.717, 1.165) is 6.07 Å². The van der Waals surface area contributed by atoms with Crippen LogP contribution in [0.3, 0.4) is 0 Å². The van der Waals surface area contributed by atoms with E-state index in [1.165, 1.54) is 20.1 Å². The second-order valence-corrected chi connectivity index (χ2v) is 5.21. The molecule has 0 aliphatic carbocycles. The molecule has 0 aliphatic heterocycles. The SMILES string of the molecule is COc1ccc(Br)c(NC(=O)c2c(F)ccc(C)c2F)c1. The van der Waals surface area contributed by atoms with Crippen LogP contribution in [-0.4, -0.2) is 13.0 Å². The van der Waals surface area contributed by atoms with Crippen LogP contribution in [0.1, 0.15) is 15.9 Å². The van der Waals surface area contributed by atoms with Gasteiger partial charge in [-0.25, -0.2) is 8.78 Å². The quantitative estimate of drug-likeness (QED) is 0.891. The molecule has 0 saturated carbocycles. The number of aryl methyl sites for hydroxylation is 1. The molecule has 0 bridgehead atoms. The summed E-state index contributed by atoms with van der Waals surface area (Å²) in [5, 5.41) is 2.46. The van der Waals surface area contributed by atoms with Gasteiger partial charge in [-0.2, -0.15) is 0 Å². The van der Waals surface area contributed by atoms with Crippen molar-refractivity contribution in [2.75, 3.05) is 12.4 Å². The van der Waals surface area contributed by atoms with E-state index >= 15 is 0 Å². The number of carbonyl (C=O) groups excluding carboxylic acids is 1. The zero-order chi connectivity index (χ0) is 15.6. The molecule has 0 unspecified atom stereocenters. The molecule has 21 heavy (non-hydrogen) atoms. The maximum Gasteiger partial charge on any atom is 0.261 e. The molecule has 3 nitrogen and oxygen atoms in total. The molecule has 0 aliphatic rings. The summed E-state index contributed by atoms with van der Waals surface area (Å²) >= 11 is 3.25. The Morgan fingerprint density at radius 3 is 2.62 bits per heavy atom. The molecule has 0 radical (unpaired) electrons. The van der Waals surface area contributed by atoms with Gasteiger partial charge in [0.2, 0.25) is 0 Å². The van der Waals surface area contributed by atoms with E-state index in [4.69, 9.17) is 4.74 Å². The van der Waals surface area contributed by atoms with Crippen LogP contribution in [0.25, 0.3) is 0 Å². The molecule has 2 aromatic carbocycles. The van der Waals surface area contributed by atoms with Crippen LogP contribution < -0.4 is 10.1 Å². The van der Waals surface area contributed by atoms with Gasteiger partial charge in [0, 0.05) is 10.5 Å². The van der Waals surface area contributed by atoms with Gasteiger partial charge >= 0.3 is 0 Å². The molecule has 6 heteroatoms. The van der Waals surface area contributed by atoms with Crippen molar-refractivity contribution < 1.29 is 18.3 Å². The van der Waals surface area contributed by atoms with Crippen LogP contribution in [0.5, 0.6) is 5.75 Å². The number of rotatable bonds is 3. The smallest absolute Gasteiger partial charge is 0.261 e.